The van der Waals surface area contributed by atoms with Crippen LogP contribution in [0.1, 0.15) is 35.6 Å². The molecule has 0 spiro atoms. The number of benzene rings is 1. The fourth-order valence-electron chi connectivity index (χ4n) is 2.03. The number of Topliss-reactive ketones (excluding diaryl/α,β-unsaturated/α-hetero) is 1. The SMILES string of the molecule is CCc1nn(C)c(COc2cc(Br)ccc2C(C)=O)c1Cl. The first kappa shape index (κ1) is 16.0. The predicted molar refractivity (Wildman–Crippen MR) is 86.1 cm³/mol. The first-order chi connectivity index (χ1) is 9.93. The normalized spacial score (nSPS) is 10.7. The summed E-state index contributed by atoms with van der Waals surface area (Å²) in [6.07, 6.45) is 0.766. The first-order valence-corrected chi connectivity index (χ1v) is 7.74. The molecule has 2 aromatic rings. The summed E-state index contributed by atoms with van der Waals surface area (Å²) in [6, 6.07) is 5.33. The summed E-state index contributed by atoms with van der Waals surface area (Å²) in [5.74, 6) is 0.495. The van der Waals surface area contributed by atoms with E-state index in [2.05, 4.69) is 21.0 Å². The van der Waals surface area contributed by atoms with E-state index in [0.717, 1.165) is 22.3 Å². The van der Waals surface area contributed by atoms with E-state index >= 15 is 0 Å². The van der Waals surface area contributed by atoms with Crippen molar-refractivity contribution in [3.8, 4) is 5.75 Å². The molecule has 0 unspecified atom stereocenters. The maximum Gasteiger partial charge on any atom is 0.163 e. The van der Waals surface area contributed by atoms with Crippen LogP contribution in [-0.4, -0.2) is 15.6 Å². The molecule has 1 heterocycles. The van der Waals surface area contributed by atoms with Gasteiger partial charge in [0.25, 0.3) is 0 Å². The van der Waals surface area contributed by atoms with Gasteiger partial charge in [-0.25, -0.2) is 0 Å². The standard InChI is InChI=1S/C15H16BrClN2O2/c1-4-12-15(17)13(19(3)18-12)8-21-14-7-10(16)5-6-11(14)9(2)20/h5-7H,4,8H2,1-3H3. The molecule has 0 amide bonds. The molecule has 21 heavy (non-hydrogen) atoms. The number of aromatic nitrogens is 2. The summed E-state index contributed by atoms with van der Waals surface area (Å²) < 4.78 is 8.36. The highest BCUT2D eigenvalue weighted by atomic mass is 79.9. The maximum absolute atomic E-state index is 11.6. The molecule has 6 heteroatoms. The van der Waals surface area contributed by atoms with Gasteiger partial charge >= 0.3 is 0 Å². The highest BCUT2D eigenvalue weighted by molar-refractivity contribution is 9.10. The van der Waals surface area contributed by atoms with Gasteiger partial charge in [0.05, 0.1) is 22.0 Å². The van der Waals surface area contributed by atoms with Crippen LogP contribution in [-0.2, 0) is 20.1 Å². The smallest absolute Gasteiger partial charge is 0.163 e. The molecule has 0 radical (unpaired) electrons. The fourth-order valence-corrected chi connectivity index (χ4v) is 2.72. The predicted octanol–water partition coefficient (Wildman–Crippen LogP) is 4.18. The molecule has 1 aromatic carbocycles. The van der Waals surface area contributed by atoms with Crippen LogP contribution in [0.25, 0.3) is 0 Å². The zero-order chi connectivity index (χ0) is 15.6. The quantitative estimate of drug-likeness (QED) is 0.741. The van der Waals surface area contributed by atoms with Gasteiger partial charge in [-0.15, -0.1) is 0 Å². The van der Waals surface area contributed by atoms with Gasteiger partial charge in [-0.3, -0.25) is 9.48 Å². The molecule has 0 N–H and O–H groups in total. The van der Waals surface area contributed by atoms with E-state index in [0.29, 0.717) is 16.3 Å². The Bertz CT molecular complexity index is 683. The Morgan fingerprint density at radius 3 is 2.76 bits per heavy atom. The average molecular weight is 372 g/mol. The Balaban J connectivity index is 2.26. The van der Waals surface area contributed by atoms with Gasteiger partial charge in [0.2, 0.25) is 0 Å². The number of ketones is 1. The minimum Gasteiger partial charge on any atom is -0.486 e. The first-order valence-electron chi connectivity index (χ1n) is 6.57. The van der Waals surface area contributed by atoms with Crippen molar-refractivity contribution in [1.82, 2.24) is 9.78 Å². The van der Waals surface area contributed by atoms with Gasteiger partial charge in [-0.2, -0.15) is 5.10 Å². The van der Waals surface area contributed by atoms with Crippen LogP contribution in [0.4, 0.5) is 0 Å². The summed E-state index contributed by atoms with van der Waals surface area (Å²) >= 11 is 9.67. The number of ether oxygens (including phenoxy) is 1. The Morgan fingerprint density at radius 1 is 1.48 bits per heavy atom. The van der Waals surface area contributed by atoms with E-state index in [1.54, 1.807) is 16.8 Å². The number of nitrogens with zero attached hydrogens (tertiary/aromatic N) is 2. The molecule has 0 atom stereocenters. The Morgan fingerprint density at radius 2 is 2.19 bits per heavy atom. The molecule has 1 aromatic heterocycles. The number of aryl methyl sites for hydroxylation is 2. The van der Waals surface area contributed by atoms with Crippen LogP contribution < -0.4 is 4.74 Å². The maximum atomic E-state index is 11.6. The molecule has 0 fully saturated rings. The second kappa shape index (κ2) is 6.62. The lowest BCUT2D eigenvalue weighted by molar-refractivity contribution is 0.101. The van der Waals surface area contributed by atoms with Crippen LogP contribution in [0, 0.1) is 0 Å². The van der Waals surface area contributed by atoms with Crippen LogP contribution in [0.15, 0.2) is 22.7 Å². The van der Waals surface area contributed by atoms with Crippen LogP contribution >= 0.6 is 27.5 Å². The Kier molecular flexibility index (Phi) is 5.06. The number of halogens is 2. The van der Waals surface area contributed by atoms with Crippen molar-refractivity contribution in [3.05, 3.63) is 44.6 Å². The van der Waals surface area contributed by atoms with E-state index in [4.69, 9.17) is 16.3 Å². The monoisotopic (exact) mass is 370 g/mol. The zero-order valence-electron chi connectivity index (χ0n) is 12.1. The van der Waals surface area contributed by atoms with Crippen molar-refractivity contribution in [3.63, 3.8) is 0 Å². The number of hydrogen-bond acceptors (Lipinski definition) is 3. The van der Waals surface area contributed by atoms with E-state index in [1.165, 1.54) is 6.92 Å². The molecular weight excluding hydrogens is 356 g/mol. The third-order valence-electron chi connectivity index (χ3n) is 3.19. The molecule has 0 saturated carbocycles. The van der Waals surface area contributed by atoms with E-state index in [-0.39, 0.29) is 12.4 Å². The summed E-state index contributed by atoms with van der Waals surface area (Å²) in [5.41, 5.74) is 2.19. The summed E-state index contributed by atoms with van der Waals surface area (Å²) in [5, 5.41) is 4.97. The summed E-state index contributed by atoms with van der Waals surface area (Å²) in [6.45, 7) is 3.78. The second-order valence-electron chi connectivity index (χ2n) is 4.67. The average Bonchev–Trinajstić information content (AvgIpc) is 2.71. The lowest BCUT2D eigenvalue weighted by Gasteiger charge is -2.11. The molecule has 4 nitrogen and oxygen atoms in total. The fraction of sp³-hybridized carbons (Fsp3) is 0.333. The second-order valence-corrected chi connectivity index (χ2v) is 5.96. The molecule has 0 aliphatic rings. The Labute approximate surface area is 137 Å². The third-order valence-corrected chi connectivity index (χ3v) is 4.12. The number of carbonyl (C=O) groups excluding carboxylic acids is 1. The van der Waals surface area contributed by atoms with Crippen molar-refractivity contribution < 1.29 is 9.53 Å². The highest BCUT2D eigenvalue weighted by Gasteiger charge is 2.15. The molecule has 2 rings (SSSR count). The van der Waals surface area contributed by atoms with Crippen LogP contribution in [0.5, 0.6) is 5.75 Å². The van der Waals surface area contributed by atoms with E-state index in [9.17, 15) is 4.79 Å². The van der Waals surface area contributed by atoms with Gasteiger partial charge in [-0.1, -0.05) is 34.5 Å². The minimum atomic E-state index is -0.0390. The minimum absolute atomic E-state index is 0.0390. The van der Waals surface area contributed by atoms with Crippen LogP contribution in [0.3, 0.4) is 0 Å². The molecule has 0 bridgehead atoms. The van der Waals surface area contributed by atoms with Gasteiger partial charge in [0.15, 0.2) is 5.78 Å². The van der Waals surface area contributed by atoms with E-state index < -0.39 is 0 Å². The van der Waals surface area contributed by atoms with Gasteiger partial charge < -0.3 is 4.74 Å². The van der Waals surface area contributed by atoms with Gasteiger partial charge in [0, 0.05) is 11.5 Å². The number of hydrogen-bond donors (Lipinski definition) is 0. The van der Waals surface area contributed by atoms with Gasteiger partial charge in [-0.05, 0) is 31.5 Å². The molecule has 112 valence electrons. The summed E-state index contributed by atoms with van der Waals surface area (Å²) in [7, 11) is 1.83. The Hall–Kier alpha value is -1.33. The number of carbonyl (C=O) groups is 1. The van der Waals surface area contributed by atoms with Crippen molar-refractivity contribution in [1.29, 1.82) is 0 Å². The zero-order valence-corrected chi connectivity index (χ0v) is 14.5. The molecular formula is C15H16BrClN2O2. The molecule has 0 saturated heterocycles. The molecule has 0 aliphatic heterocycles. The molecule has 0 aliphatic carbocycles. The topological polar surface area (TPSA) is 44.1 Å². The number of rotatable bonds is 5. The van der Waals surface area contributed by atoms with Crippen LogP contribution in [0.2, 0.25) is 5.02 Å². The van der Waals surface area contributed by atoms with Gasteiger partial charge in [0.1, 0.15) is 12.4 Å². The van der Waals surface area contributed by atoms with Crippen molar-refractivity contribution in [2.24, 2.45) is 7.05 Å². The van der Waals surface area contributed by atoms with Crippen molar-refractivity contribution in [2.75, 3.05) is 0 Å². The van der Waals surface area contributed by atoms with E-state index in [1.807, 2.05) is 20.0 Å². The van der Waals surface area contributed by atoms with Crippen molar-refractivity contribution >= 4 is 33.3 Å². The summed E-state index contributed by atoms with van der Waals surface area (Å²) in [4.78, 5) is 11.6. The highest BCUT2D eigenvalue weighted by Crippen LogP contribution is 2.27. The van der Waals surface area contributed by atoms with Crippen molar-refractivity contribution in [2.45, 2.75) is 26.9 Å². The lowest BCUT2D eigenvalue weighted by Crippen LogP contribution is -2.06. The third kappa shape index (κ3) is 3.47. The largest absolute Gasteiger partial charge is 0.486 e. The lowest BCUT2D eigenvalue weighted by atomic mass is 10.1.